The lowest BCUT2D eigenvalue weighted by Crippen LogP contribution is -2.31. The third kappa shape index (κ3) is 2.87. The molecule has 1 saturated carbocycles. The minimum atomic E-state index is -0.0330. The van der Waals surface area contributed by atoms with E-state index in [1.165, 1.54) is 12.5 Å². The molecule has 0 aromatic carbocycles. The molecule has 1 amide bonds. The van der Waals surface area contributed by atoms with Crippen molar-refractivity contribution in [3.63, 3.8) is 0 Å². The van der Waals surface area contributed by atoms with Gasteiger partial charge in [0.05, 0.1) is 0 Å². The van der Waals surface area contributed by atoms with Crippen molar-refractivity contribution in [1.82, 2.24) is 5.32 Å². The van der Waals surface area contributed by atoms with Gasteiger partial charge in [0.1, 0.15) is 0 Å². The summed E-state index contributed by atoms with van der Waals surface area (Å²) in [6.45, 7) is 7.95. The van der Waals surface area contributed by atoms with Crippen molar-refractivity contribution in [2.45, 2.75) is 39.2 Å². The zero-order valence-electron chi connectivity index (χ0n) is 8.55. The molecule has 2 heteroatoms. The largest absolute Gasteiger partial charge is 0.350 e. The van der Waals surface area contributed by atoms with Gasteiger partial charge in [-0.25, -0.2) is 0 Å². The molecule has 0 radical (unpaired) electrons. The van der Waals surface area contributed by atoms with Crippen molar-refractivity contribution in [3.05, 3.63) is 12.7 Å². The average Bonchev–Trinajstić information content (AvgIpc) is 2.52. The Labute approximate surface area is 80.4 Å². The van der Waals surface area contributed by atoms with Crippen LogP contribution in [0.2, 0.25) is 0 Å². The van der Waals surface area contributed by atoms with Gasteiger partial charge in [0.25, 0.3) is 0 Å². The Balaban J connectivity index is 2.33. The van der Waals surface area contributed by atoms with Crippen LogP contribution < -0.4 is 5.32 Å². The molecule has 0 heterocycles. The van der Waals surface area contributed by atoms with Crippen LogP contribution in [0.5, 0.6) is 0 Å². The first-order chi connectivity index (χ1) is 6.13. The lowest BCUT2D eigenvalue weighted by atomic mass is 9.94. The zero-order chi connectivity index (χ0) is 9.84. The summed E-state index contributed by atoms with van der Waals surface area (Å²) >= 11 is 0. The molecule has 1 aliphatic carbocycles. The normalized spacial score (nSPS) is 27.6. The summed E-state index contributed by atoms with van der Waals surface area (Å²) in [5.74, 6) is 1.50. The second-order valence-electron chi connectivity index (χ2n) is 4.23. The highest BCUT2D eigenvalue weighted by atomic mass is 16.1. The number of rotatable bonds is 3. The molecule has 0 saturated heterocycles. The van der Waals surface area contributed by atoms with E-state index >= 15 is 0 Å². The number of hydrogen-bond donors (Lipinski definition) is 1. The minimum Gasteiger partial charge on any atom is -0.350 e. The first kappa shape index (κ1) is 10.3. The molecular weight excluding hydrogens is 162 g/mol. The lowest BCUT2D eigenvalue weighted by molar-refractivity contribution is -0.117. The van der Waals surface area contributed by atoms with Gasteiger partial charge >= 0.3 is 0 Å². The molecule has 74 valence electrons. The summed E-state index contributed by atoms with van der Waals surface area (Å²) in [7, 11) is 0. The van der Waals surface area contributed by atoms with Crippen LogP contribution in [0.25, 0.3) is 0 Å². The van der Waals surface area contributed by atoms with Gasteiger partial charge in [-0.15, -0.1) is 0 Å². The van der Waals surface area contributed by atoms with Gasteiger partial charge in [-0.2, -0.15) is 0 Å². The van der Waals surface area contributed by atoms with Gasteiger partial charge in [-0.3, -0.25) is 4.79 Å². The summed E-state index contributed by atoms with van der Waals surface area (Å²) < 4.78 is 0. The molecule has 0 spiro atoms. The van der Waals surface area contributed by atoms with Gasteiger partial charge in [0.15, 0.2) is 0 Å². The van der Waals surface area contributed by atoms with Gasteiger partial charge in [-0.1, -0.05) is 20.4 Å². The monoisotopic (exact) mass is 181 g/mol. The fraction of sp³-hybridized carbons (Fsp3) is 0.727. The zero-order valence-corrected chi connectivity index (χ0v) is 8.55. The van der Waals surface area contributed by atoms with Crippen molar-refractivity contribution in [1.29, 1.82) is 0 Å². The second-order valence-corrected chi connectivity index (χ2v) is 4.23. The Bertz CT molecular complexity index is 198. The van der Waals surface area contributed by atoms with Crippen molar-refractivity contribution < 1.29 is 4.79 Å². The number of carbonyl (C=O) groups excluding carboxylic acids is 1. The van der Waals surface area contributed by atoms with Crippen LogP contribution in [0.1, 0.15) is 33.1 Å². The van der Waals surface area contributed by atoms with Crippen LogP contribution in [0.15, 0.2) is 12.7 Å². The Kier molecular flexibility index (Phi) is 3.52. The molecule has 0 aliphatic heterocycles. The lowest BCUT2D eigenvalue weighted by Gasteiger charge is -2.14. The van der Waals surface area contributed by atoms with Crippen molar-refractivity contribution >= 4 is 5.91 Å². The molecule has 1 aliphatic rings. The fourth-order valence-electron chi connectivity index (χ4n) is 2.01. The summed E-state index contributed by atoms with van der Waals surface area (Å²) in [5.41, 5.74) is 0. The summed E-state index contributed by atoms with van der Waals surface area (Å²) in [4.78, 5) is 11.0. The predicted octanol–water partition coefficient (Wildman–Crippen LogP) is 2.11. The Morgan fingerprint density at radius 2 is 2.23 bits per heavy atom. The smallest absolute Gasteiger partial charge is 0.243 e. The standard InChI is InChI=1S/C11H19NO/c1-4-11(13)12-10-6-5-9(7-10)8(2)3/h4,8-10H,1,5-7H2,2-3H3,(H,12,13)/t9-,10?/m1/s1. The van der Waals surface area contributed by atoms with Crippen molar-refractivity contribution in [3.8, 4) is 0 Å². The molecular formula is C11H19NO. The summed E-state index contributed by atoms with van der Waals surface area (Å²) in [6.07, 6.45) is 4.86. The van der Waals surface area contributed by atoms with E-state index < -0.39 is 0 Å². The SMILES string of the molecule is C=CC(=O)NC1CC[C@@H](C(C)C)C1. The first-order valence-corrected chi connectivity index (χ1v) is 5.06. The molecule has 0 aromatic heterocycles. The van der Waals surface area contributed by atoms with E-state index in [2.05, 4.69) is 25.7 Å². The molecule has 1 N–H and O–H groups in total. The Hall–Kier alpha value is -0.790. The van der Waals surface area contributed by atoms with E-state index in [-0.39, 0.29) is 5.91 Å². The third-order valence-electron chi connectivity index (χ3n) is 2.95. The van der Waals surface area contributed by atoms with Gasteiger partial charge in [0, 0.05) is 6.04 Å². The van der Waals surface area contributed by atoms with Crippen LogP contribution in [0, 0.1) is 11.8 Å². The number of amides is 1. The van der Waals surface area contributed by atoms with Crippen LogP contribution in [0.3, 0.4) is 0 Å². The van der Waals surface area contributed by atoms with Crippen LogP contribution >= 0.6 is 0 Å². The molecule has 1 fully saturated rings. The highest BCUT2D eigenvalue weighted by Gasteiger charge is 2.26. The van der Waals surface area contributed by atoms with Crippen LogP contribution in [0.4, 0.5) is 0 Å². The van der Waals surface area contributed by atoms with Crippen molar-refractivity contribution in [2.75, 3.05) is 0 Å². The van der Waals surface area contributed by atoms with Crippen molar-refractivity contribution in [2.24, 2.45) is 11.8 Å². The molecule has 2 atom stereocenters. The predicted molar refractivity (Wildman–Crippen MR) is 54.3 cm³/mol. The molecule has 2 nitrogen and oxygen atoms in total. The minimum absolute atomic E-state index is 0.0330. The van der Waals surface area contributed by atoms with Crippen LogP contribution in [-0.2, 0) is 4.79 Å². The van der Waals surface area contributed by atoms with E-state index in [4.69, 9.17) is 0 Å². The highest BCUT2D eigenvalue weighted by molar-refractivity contribution is 5.87. The number of hydrogen-bond acceptors (Lipinski definition) is 1. The molecule has 1 unspecified atom stereocenters. The quantitative estimate of drug-likeness (QED) is 0.664. The molecule has 0 bridgehead atoms. The molecule has 0 aromatic rings. The number of carbonyl (C=O) groups is 1. The average molecular weight is 181 g/mol. The van der Waals surface area contributed by atoms with E-state index in [1.54, 1.807) is 0 Å². The Morgan fingerprint density at radius 1 is 1.54 bits per heavy atom. The molecule has 13 heavy (non-hydrogen) atoms. The third-order valence-corrected chi connectivity index (χ3v) is 2.95. The van der Waals surface area contributed by atoms with E-state index in [0.29, 0.717) is 6.04 Å². The maximum Gasteiger partial charge on any atom is 0.243 e. The topological polar surface area (TPSA) is 29.1 Å². The van der Waals surface area contributed by atoms with E-state index in [0.717, 1.165) is 24.7 Å². The first-order valence-electron chi connectivity index (χ1n) is 5.06. The summed E-state index contributed by atoms with van der Waals surface area (Å²) in [5, 5.41) is 2.96. The van der Waals surface area contributed by atoms with Crippen LogP contribution in [-0.4, -0.2) is 11.9 Å². The van der Waals surface area contributed by atoms with E-state index in [9.17, 15) is 4.79 Å². The maximum absolute atomic E-state index is 11.0. The Morgan fingerprint density at radius 3 is 2.69 bits per heavy atom. The van der Waals surface area contributed by atoms with Gasteiger partial charge in [-0.05, 0) is 37.2 Å². The maximum atomic E-state index is 11.0. The number of nitrogens with one attached hydrogen (secondary N) is 1. The van der Waals surface area contributed by atoms with Gasteiger partial charge in [0.2, 0.25) is 5.91 Å². The second kappa shape index (κ2) is 4.45. The summed E-state index contributed by atoms with van der Waals surface area (Å²) in [6, 6.07) is 0.387. The van der Waals surface area contributed by atoms with Gasteiger partial charge < -0.3 is 5.32 Å². The molecule has 1 rings (SSSR count). The highest BCUT2D eigenvalue weighted by Crippen LogP contribution is 2.31. The fourth-order valence-corrected chi connectivity index (χ4v) is 2.01. The van der Waals surface area contributed by atoms with E-state index in [1.807, 2.05) is 0 Å².